The van der Waals surface area contributed by atoms with Crippen LogP contribution in [-0.2, 0) is 10.0 Å². The van der Waals surface area contributed by atoms with E-state index in [0.717, 1.165) is 6.26 Å². The van der Waals surface area contributed by atoms with Crippen molar-refractivity contribution in [3.63, 3.8) is 0 Å². The van der Waals surface area contributed by atoms with E-state index in [1.165, 1.54) is 43.2 Å². The lowest BCUT2D eigenvalue weighted by molar-refractivity contribution is -0.00177. The summed E-state index contributed by atoms with van der Waals surface area (Å²) in [6.07, 6.45) is 3.51. The molecule has 0 spiro atoms. The van der Waals surface area contributed by atoms with E-state index in [1.807, 2.05) is 6.07 Å². The second-order valence-electron chi connectivity index (χ2n) is 8.32. The number of hydrogen-bond acceptors (Lipinski definition) is 9. The van der Waals surface area contributed by atoms with Crippen molar-refractivity contribution in [1.82, 2.24) is 29.8 Å². The van der Waals surface area contributed by atoms with E-state index < -0.39 is 34.2 Å². The fraction of sp³-hybridized carbons (Fsp3) is 0.381. The zero-order valence-corrected chi connectivity index (χ0v) is 20.1. The molecule has 0 saturated carbocycles. The highest BCUT2D eigenvalue weighted by molar-refractivity contribution is 7.88. The SMILES string of the molecule is CC(C)(O)[C@H](F)CNC(=O)c1cnc(-n2ncc3cc(C#N)cnc32)cc1NCCNS(C)(=O)=O. The molecule has 0 radical (unpaired) electrons. The average Bonchev–Trinajstić information content (AvgIpc) is 3.21. The highest BCUT2D eigenvalue weighted by Crippen LogP contribution is 2.22. The lowest BCUT2D eigenvalue weighted by Crippen LogP contribution is -2.42. The number of nitrogens with one attached hydrogen (secondary N) is 3. The summed E-state index contributed by atoms with van der Waals surface area (Å²) in [6.45, 7) is 2.35. The van der Waals surface area contributed by atoms with E-state index in [-0.39, 0.29) is 18.7 Å². The van der Waals surface area contributed by atoms with Gasteiger partial charge in [-0.05, 0) is 19.9 Å². The molecule has 0 saturated heterocycles. The Morgan fingerprint density at radius 1 is 1.26 bits per heavy atom. The predicted molar refractivity (Wildman–Crippen MR) is 126 cm³/mol. The fourth-order valence-electron chi connectivity index (χ4n) is 3.00. The molecule has 0 aliphatic rings. The summed E-state index contributed by atoms with van der Waals surface area (Å²) in [5.74, 6) is -0.344. The highest BCUT2D eigenvalue weighted by Gasteiger charge is 2.27. The quantitative estimate of drug-likeness (QED) is 0.286. The summed E-state index contributed by atoms with van der Waals surface area (Å²) in [6, 6.07) is 5.15. The Balaban J connectivity index is 1.90. The maximum Gasteiger partial charge on any atom is 0.255 e. The van der Waals surface area contributed by atoms with Gasteiger partial charge in [-0.1, -0.05) is 0 Å². The van der Waals surface area contributed by atoms with Crippen LogP contribution in [0.3, 0.4) is 0 Å². The Bertz CT molecular complexity index is 1380. The van der Waals surface area contributed by atoms with Gasteiger partial charge in [-0.2, -0.15) is 15.0 Å². The molecule has 186 valence electrons. The maximum atomic E-state index is 14.1. The van der Waals surface area contributed by atoms with Crippen LogP contribution >= 0.6 is 0 Å². The molecular formula is C21H25FN8O4S. The second kappa shape index (κ2) is 10.3. The van der Waals surface area contributed by atoms with E-state index in [1.54, 1.807) is 6.07 Å². The van der Waals surface area contributed by atoms with Crippen molar-refractivity contribution >= 4 is 32.7 Å². The number of nitriles is 1. The van der Waals surface area contributed by atoms with Gasteiger partial charge in [-0.25, -0.2) is 27.5 Å². The second-order valence-corrected chi connectivity index (χ2v) is 10.2. The van der Waals surface area contributed by atoms with Crippen LogP contribution in [0.25, 0.3) is 16.9 Å². The zero-order valence-electron chi connectivity index (χ0n) is 19.3. The zero-order chi connectivity index (χ0) is 25.8. The number of rotatable bonds is 10. The van der Waals surface area contributed by atoms with Crippen LogP contribution in [0.5, 0.6) is 0 Å². The van der Waals surface area contributed by atoms with Crippen molar-refractivity contribution in [2.24, 2.45) is 0 Å². The lowest BCUT2D eigenvalue weighted by Gasteiger charge is -2.22. The molecule has 1 atom stereocenters. The van der Waals surface area contributed by atoms with Gasteiger partial charge in [0.1, 0.15) is 12.2 Å². The Morgan fingerprint density at radius 2 is 2.00 bits per heavy atom. The van der Waals surface area contributed by atoms with Gasteiger partial charge in [0, 0.05) is 36.9 Å². The van der Waals surface area contributed by atoms with Crippen LogP contribution in [0.15, 0.2) is 30.7 Å². The summed E-state index contributed by atoms with van der Waals surface area (Å²) < 4.78 is 40.5. The standard InChI is InChI=1S/C21H25FN8O4S/c1-21(2,32)17(22)12-27-20(31)15-11-25-18(7-16(15)24-4-5-29-35(3,33)34)30-19-14(10-28-30)6-13(8-23)9-26-19/h6-7,9-11,17,29,32H,4-5,12H2,1-3H3,(H,24,25)(H,27,31)/t17-/m1/s1. The molecule has 0 unspecified atom stereocenters. The summed E-state index contributed by atoms with van der Waals surface area (Å²) in [7, 11) is -3.40. The minimum Gasteiger partial charge on any atom is -0.387 e. The molecule has 1 amide bonds. The van der Waals surface area contributed by atoms with Crippen LogP contribution in [0.1, 0.15) is 29.8 Å². The molecule has 12 nitrogen and oxygen atoms in total. The molecule has 3 heterocycles. The number of amides is 1. The smallest absolute Gasteiger partial charge is 0.255 e. The maximum absolute atomic E-state index is 14.1. The number of aromatic nitrogens is 4. The molecule has 0 bridgehead atoms. The van der Waals surface area contributed by atoms with Crippen LogP contribution in [0.2, 0.25) is 0 Å². The number of sulfonamides is 1. The molecule has 35 heavy (non-hydrogen) atoms. The number of hydrogen-bond donors (Lipinski definition) is 4. The van der Waals surface area contributed by atoms with Gasteiger partial charge in [0.05, 0.1) is 41.4 Å². The topological polar surface area (TPSA) is 175 Å². The minimum atomic E-state index is -3.40. The van der Waals surface area contributed by atoms with E-state index in [4.69, 9.17) is 5.26 Å². The molecule has 14 heteroatoms. The number of aliphatic hydroxyl groups is 1. The number of pyridine rings is 2. The van der Waals surface area contributed by atoms with Gasteiger partial charge in [0.2, 0.25) is 10.0 Å². The Hall–Kier alpha value is -3.67. The first-order valence-corrected chi connectivity index (χ1v) is 12.4. The van der Waals surface area contributed by atoms with E-state index >= 15 is 0 Å². The third-order valence-electron chi connectivity index (χ3n) is 4.90. The first kappa shape index (κ1) is 25.9. The third kappa shape index (κ3) is 6.69. The monoisotopic (exact) mass is 504 g/mol. The van der Waals surface area contributed by atoms with Crippen molar-refractivity contribution in [2.75, 3.05) is 31.2 Å². The molecule has 3 aromatic rings. The van der Waals surface area contributed by atoms with Gasteiger partial charge in [0.15, 0.2) is 11.5 Å². The van der Waals surface area contributed by atoms with Crippen molar-refractivity contribution in [3.05, 3.63) is 41.9 Å². The lowest BCUT2D eigenvalue weighted by atomic mass is 10.0. The van der Waals surface area contributed by atoms with E-state index in [9.17, 15) is 22.7 Å². The van der Waals surface area contributed by atoms with Gasteiger partial charge in [-0.15, -0.1) is 0 Å². The largest absolute Gasteiger partial charge is 0.387 e. The summed E-state index contributed by atoms with van der Waals surface area (Å²) in [5, 5.41) is 29.1. The number of carbonyl (C=O) groups is 1. The average molecular weight is 505 g/mol. The molecule has 0 fully saturated rings. The van der Waals surface area contributed by atoms with Crippen molar-refractivity contribution in [2.45, 2.75) is 25.6 Å². The molecule has 0 aromatic carbocycles. The van der Waals surface area contributed by atoms with Gasteiger partial charge in [-0.3, -0.25) is 4.79 Å². The number of fused-ring (bicyclic) bond motifs is 1. The van der Waals surface area contributed by atoms with Gasteiger partial charge in [0.25, 0.3) is 5.91 Å². The Morgan fingerprint density at radius 3 is 2.66 bits per heavy atom. The molecule has 3 aromatic heterocycles. The summed E-state index contributed by atoms with van der Waals surface area (Å²) >= 11 is 0. The summed E-state index contributed by atoms with van der Waals surface area (Å²) in [5.41, 5.74) is -0.460. The molecule has 0 aliphatic heterocycles. The van der Waals surface area contributed by atoms with Gasteiger partial charge >= 0.3 is 0 Å². The number of anilines is 1. The van der Waals surface area contributed by atoms with Crippen molar-refractivity contribution in [3.8, 4) is 11.9 Å². The Kier molecular flexibility index (Phi) is 7.64. The normalized spacial score (nSPS) is 12.8. The Labute approximate surface area is 201 Å². The highest BCUT2D eigenvalue weighted by atomic mass is 32.2. The fourth-order valence-corrected chi connectivity index (χ4v) is 3.47. The third-order valence-corrected chi connectivity index (χ3v) is 5.63. The summed E-state index contributed by atoms with van der Waals surface area (Å²) in [4.78, 5) is 21.3. The van der Waals surface area contributed by atoms with E-state index in [2.05, 4.69) is 30.4 Å². The van der Waals surface area contributed by atoms with Crippen LogP contribution in [0, 0.1) is 11.3 Å². The number of halogens is 1. The predicted octanol–water partition coefficient (Wildman–Crippen LogP) is 0.487. The minimum absolute atomic E-state index is 0.0476. The molecule has 4 N–H and O–H groups in total. The van der Waals surface area contributed by atoms with Crippen LogP contribution in [0.4, 0.5) is 10.1 Å². The number of alkyl halides is 1. The number of carbonyl (C=O) groups excluding carboxylic acids is 1. The first-order chi connectivity index (χ1) is 16.4. The number of nitrogens with zero attached hydrogens (tertiary/aromatic N) is 5. The van der Waals surface area contributed by atoms with Gasteiger partial charge < -0.3 is 15.7 Å². The first-order valence-electron chi connectivity index (χ1n) is 10.5. The molecule has 3 rings (SSSR count). The van der Waals surface area contributed by atoms with Crippen molar-refractivity contribution in [1.29, 1.82) is 5.26 Å². The van der Waals surface area contributed by atoms with Crippen LogP contribution in [-0.4, -0.2) is 76.8 Å². The van der Waals surface area contributed by atoms with E-state index in [0.29, 0.717) is 28.1 Å². The van der Waals surface area contributed by atoms with Crippen molar-refractivity contribution < 1.29 is 22.7 Å². The van der Waals surface area contributed by atoms with Crippen LogP contribution < -0.4 is 15.4 Å². The molecular weight excluding hydrogens is 479 g/mol. The molecule has 0 aliphatic carbocycles.